The van der Waals surface area contributed by atoms with E-state index in [2.05, 4.69) is 17.6 Å². The third kappa shape index (κ3) is 6.82. The topological polar surface area (TPSA) is 78.4 Å². The molecule has 0 aliphatic heterocycles. The molecule has 1 rings (SSSR count). The van der Waals surface area contributed by atoms with E-state index in [9.17, 15) is 14.7 Å². The number of hydrogen-bond acceptors (Lipinski definition) is 2. The molecule has 1 aliphatic rings. The average molecular weight is 298 g/mol. The molecular formula is C16H30N2O3. The van der Waals surface area contributed by atoms with Gasteiger partial charge < -0.3 is 15.7 Å². The molecule has 3 atom stereocenters. The van der Waals surface area contributed by atoms with E-state index >= 15 is 0 Å². The average Bonchev–Trinajstić information content (AvgIpc) is 2.64. The first-order valence-corrected chi connectivity index (χ1v) is 8.34. The minimum absolute atomic E-state index is 0.130. The third-order valence-corrected chi connectivity index (χ3v) is 4.27. The number of aliphatic carboxylic acids is 1. The van der Waals surface area contributed by atoms with Crippen LogP contribution in [0.3, 0.4) is 0 Å². The van der Waals surface area contributed by atoms with Gasteiger partial charge in [-0.25, -0.2) is 4.79 Å². The van der Waals surface area contributed by atoms with Crippen LogP contribution < -0.4 is 10.6 Å². The van der Waals surface area contributed by atoms with E-state index in [0.717, 1.165) is 38.5 Å². The molecule has 5 nitrogen and oxygen atoms in total. The third-order valence-electron chi connectivity index (χ3n) is 4.27. The number of carbonyl (C=O) groups excluding carboxylic acids is 1. The van der Waals surface area contributed by atoms with Gasteiger partial charge in [0.1, 0.15) is 0 Å². The fourth-order valence-electron chi connectivity index (χ4n) is 2.98. The van der Waals surface area contributed by atoms with Crippen LogP contribution in [-0.4, -0.2) is 29.2 Å². The predicted octanol–water partition coefficient (Wildman–Crippen LogP) is 3.29. The van der Waals surface area contributed by atoms with Crippen LogP contribution in [0, 0.1) is 5.92 Å². The van der Waals surface area contributed by atoms with E-state index in [1.54, 1.807) is 0 Å². The molecule has 0 radical (unpaired) electrons. The standard InChI is InChI=1S/C16H30N2O3/c1-3-4-6-9-12(2)17-16(21)18-14-11-8-5-7-10-13(14)15(19)20/h12-14H,3-11H2,1-2H3,(H,19,20)(H2,17,18,21). The Hall–Kier alpha value is -1.26. The summed E-state index contributed by atoms with van der Waals surface area (Å²) in [4.78, 5) is 23.3. The number of unbranched alkanes of at least 4 members (excludes halogenated alkanes) is 2. The first kappa shape index (κ1) is 17.8. The van der Waals surface area contributed by atoms with E-state index in [-0.39, 0.29) is 18.1 Å². The van der Waals surface area contributed by atoms with Crippen LogP contribution in [0.2, 0.25) is 0 Å². The normalized spacial score (nSPS) is 23.9. The van der Waals surface area contributed by atoms with Gasteiger partial charge in [-0.2, -0.15) is 0 Å². The maximum Gasteiger partial charge on any atom is 0.315 e. The van der Waals surface area contributed by atoms with Gasteiger partial charge in [-0.3, -0.25) is 4.79 Å². The highest BCUT2D eigenvalue weighted by molar-refractivity contribution is 5.76. The predicted molar refractivity (Wildman–Crippen MR) is 83.3 cm³/mol. The van der Waals surface area contributed by atoms with Crippen molar-refractivity contribution in [3.05, 3.63) is 0 Å². The van der Waals surface area contributed by atoms with Crippen molar-refractivity contribution in [2.75, 3.05) is 0 Å². The minimum Gasteiger partial charge on any atom is -0.481 e. The van der Waals surface area contributed by atoms with Crippen molar-refractivity contribution < 1.29 is 14.7 Å². The van der Waals surface area contributed by atoms with Gasteiger partial charge in [-0.05, 0) is 26.2 Å². The molecule has 3 N–H and O–H groups in total. The molecule has 0 spiro atoms. The van der Waals surface area contributed by atoms with E-state index in [1.165, 1.54) is 12.8 Å². The lowest BCUT2D eigenvalue weighted by Gasteiger charge is -2.24. The Morgan fingerprint density at radius 3 is 2.57 bits per heavy atom. The quantitative estimate of drug-likeness (QED) is 0.498. The number of carboxylic acid groups (broad SMARTS) is 1. The summed E-state index contributed by atoms with van der Waals surface area (Å²) in [5, 5.41) is 15.1. The summed E-state index contributed by atoms with van der Waals surface area (Å²) in [5.74, 6) is -1.24. The Balaban J connectivity index is 2.41. The second-order valence-corrected chi connectivity index (χ2v) is 6.20. The van der Waals surface area contributed by atoms with E-state index in [4.69, 9.17) is 0 Å². The zero-order valence-electron chi connectivity index (χ0n) is 13.4. The Kier molecular flexibility index (Phi) is 8.16. The molecule has 0 aromatic carbocycles. The molecule has 1 saturated carbocycles. The van der Waals surface area contributed by atoms with Crippen LogP contribution in [0.15, 0.2) is 0 Å². The van der Waals surface area contributed by atoms with Gasteiger partial charge in [0, 0.05) is 12.1 Å². The summed E-state index contributed by atoms with van der Waals surface area (Å²) in [7, 11) is 0. The molecule has 3 unspecified atom stereocenters. The molecule has 0 aromatic rings. The number of carboxylic acids is 1. The maximum absolute atomic E-state index is 12.0. The Bertz CT molecular complexity index is 333. The van der Waals surface area contributed by atoms with Gasteiger partial charge in [0.2, 0.25) is 0 Å². The number of urea groups is 1. The number of rotatable bonds is 7. The van der Waals surface area contributed by atoms with Crippen LogP contribution in [-0.2, 0) is 4.79 Å². The highest BCUT2D eigenvalue weighted by Gasteiger charge is 2.30. The van der Waals surface area contributed by atoms with Crippen molar-refractivity contribution in [3.63, 3.8) is 0 Å². The summed E-state index contributed by atoms with van der Waals surface area (Å²) >= 11 is 0. The molecule has 0 aromatic heterocycles. The maximum atomic E-state index is 12.0. The monoisotopic (exact) mass is 298 g/mol. The highest BCUT2D eigenvalue weighted by atomic mass is 16.4. The summed E-state index contributed by atoms with van der Waals surface area (Å²) in [5.41, 5.74) is 0. The van der Waals surface area contributed by atoms with Gasteiger partial charge >= 0.3 is 12.0 Å². The van der Waals surface area contributed by atoms with Gasteiger partial charge in [0.25, 0.3) is 0 Å². The SMILES string of the molecule is CCCCCC(C)NC(=O)NC1CCCCCC1C(=O)O. The van der Waals surface area contributed by atoms with Crippen LogP contribution in [0.4, 0.5) is 4.79 Å². The second-order valence-electron chi connectivity index (χ2n) is 6.20. The van der Waals surface area contributed by atoms with Crippen molar-refractivity contribution in [2.24, 2.45) is 5.92 Å². The van der Waals surface area contributed by atoms with Gasteiger partial charge in [0.05, 0.1) is 5.92 Å². The van der Waals surface area contributed by atoms with Crippen LogP contribution in [0.25, 0.3) is 0 Å². The zero-order valence-corrected chi connectivity index (χ0v) is 13.4. The molecule has 1 aliphatic carbocycles. The van der Waals surface area contributed by atoms with Gasteiger partial charge in [0.15, 0.2) is 0 Å². The zero-order chi connectivity index (χ0) is 15.7. The first-order chi connectivity index (χ1) is 10.0. The van der Waals surface area contributed by atoms with E-state index in [1.807, 2.05) is 6.92 Å². The van der Waals surface area contributed by atoms with Crippen molar-refractivity contribution in [1.82, 2.24) is 10.6 Å². The smallest absolute Gasteiger partial charge is 0.315 e. The van der Waals surface area contributed by atoms with Crippen LogP contribution in [0.1, 0.15) is 71.6 Å². The Morgan fingerprint density at radius 1 is 1.19 bits per heavy atom. The summed E-state index contributed by atoms with van der Waals surface area (Å²) in [6, 6.07) is -0.337. The highest BCUT2D eigenvalue weighted by Crippen LogP contribution is 2.23. The molecule has 0 heterocycles. The van der Waals surface area contributed by atoms with Gasteiger partial charge in [-0.15, -0.1) is 0 Å². The summed E-state index contributed by atoms with van der Waals surface area (Å²) in [6.45, 7) is 4.15. The summed E-state index contributed by atoms with van der Waals surface area (Å²) in [6.07, 6.45) is 8.81. The first-order valence-electron chi connectivity index (χ1n) is 8.34. The van der Waals surface area contributed by atoms with E-state index in [0.29, 0.717) is 6.42 Å². The molecule has 1 fully saturated rings. The number of nitrogens with one attached hydrogen (secondary N) is 2. The molecule has 5 heteroatoms. The van der Waals surface area contributed by atoms with Crippen molar-refractivity contribution in [3.8, 4) is 0 Å². The number of hydrogen-bond donors (Lipinski definition) is 3. The second kappa shape index (κ2) is 9.64. The van der Waals surface area contributed by atoms with Crippen molar-refractivity contribution >= 4 is 12.0 Å². The Morgan fingerprint density at radius 2 is 1.90 bits per heavy atom. The minimum atomic E-state index is -0.793. The van der Waals surface area contributed by atoms with Crippen molar-refractivity contribution in [2.45, 2.75) is 83.7 Å². The van der Waals surface area contributed by atoms with Crippen LogP contribution in [0.5, 0.6) is 0 Å². The largest absolute Gasteiger partial charge is 0.481 e. The fraction of sp³-hybridized carbons (Fsp3) is 0.875. The molecule has 0 bridgehead atoms. The van der Waals surface area contributed by atoms with E-state index < -0.39 is 11.9 Å². The van der Waals surface area contributed by atoms with Gasteiger partial charge in [-0.1, -0.05) is 45.4 Å². The molecule has 2 amide bonds. The lowest BCUT2D eigenvalue weighted by Crippen LogP contribution is -2.49. The molecular weight excluding hydrogens is 268 g/mol. The van der Waals surface area contributed by atoms with Crippen molar-refractivity contribution in [1.29, 1.82) is 0 Å². The fourth-order valence-corrected chi connectivity index (χ4v) is 2.98. The summed E-state index contributed by atoms with van der Waals surface area (Å²) < 4.78 is 0. The van der Waals surface area contributed by atoms with Crippen LogP contribution >= 0.6 is 0 Å². The molecule has 122 valence electrons. The number of carbonyl (C=O) groups is 2. The molecule has 21 heavy (non-hydrogen) atoms. The lowest BCUT2D eigenvalue weighted by molar-refractivity contribution is -0.142. The number of amides is 2. The lowest BCUT2D eigenvalue weighted by atomic mass is 9.95. The Labute approximate surface area is 127 Å². The molecule has 0 saturated heterocycles.